The number of azide groups is 1. The van der Waals surface area contributed by atoms with Gasteiger partial charge in [-0.1, -0.05) is 23.3 Å². The molecule has 0 heterocycles. The first kappa shape index (κ1) is 11.2. The number of nitrogens with zero attached hydrogens (tertiary/aromatic N) is 3. The summed E-state index contributed by atoms with van der Waals surface area (Å²) < 4.78 is 13.2. The zero-order chi connectivity index (χ0) is 11.1. The van der Waals surface area contributed by atoms with Crippen molar-refractivity contribution >= 4 is 6.08 Å². The van der Waals surface area contributed by atoms with Crippen LogP contribution in [0.5, 0.6) is 0 Å². The van der Waals surface area contributed by atoms with Gasteiger partial charge in [0.05, 0.1) is 6.61 Å². The second-order valence-corrected chi connectivity index (χ2v) is 2.83. The fraction of sp³-hybridized carbons (Fsp3) is 0.200. The maximum atomic E-state index is 13.2. The number of aliphatic hydroxyl groups excluding tert-OH is 1. The lowest BCUT2D eigenvalue weighted by atomic mass is 10.1. The summed E-state index contributed by atoms with van der Waals surface area (Å²) in [6, 6.07) is 4.35. The summed E-state index contributed by atoms with van der Waals surface area (Å²) in [4.78, 5) is 2.56. The van der Waals surface area contributed by atoms with E-state index in [9.17, 15) is 4.39 Å². The fourth-order valence-electron chi connectivity index (χ4n) is 1.08. The smallest absolute Gasteiger partial charge is 0.130 e. The normalized spacial score (nSPS) is 10.3. The van der Waals surface area contributed by atoms with Crippen LogP contribution in [0.25, 0.3) is 16.5 Å². The molecule has 0 bridgehead atoms. The van der Waals surface area contributed by atoms with Gasteiger partial charge in [-0.2, -0.15) is 0 Å². The van der Waals surface area contributed by atoms with E-state index in [-0.39, 0.29) is 19.0 Å². The average Bonchev–Trinajstić information content (AvgIpc) is 2.26. The van der Waals surface area contributed by atoms with Crippen molar-refractivity contribution in [3.8, 4) is 0 Å². The summed E-state index contributed by atoms with van der Waals surface area (Å²) in [6.45, 7) is 0.0523. The molecule has 0 spiro atoms. The maximum Gasteiger partial charge on any atom is 0.130 e. The lowest BCUT2D eigenvalue weighted by molar-refractivity contribution is 0.281. The van der Waals surface area contributed by atoms with Crippen LogP contribution in [0.1, 0.15) is 11.1 Å². The number of hydrogen-bond donors (Lipinski definition) is 1. The minimum absolute atomic E-state index is 0.128. The first-order valence-corrected chi connectivity index (χ1v) is 4.34. The Morgan fingerprint density at radius 3 is 3.00 bits per heavy atom. The molecule has 1 rings (SSSR count). The topological polar surface area (TPSA) is 69.0 Å². The molecule has 78 valence electrons. The van der Waals surface area contributed by atoms with Crippen LogP contribution in [0.4, 0.5) is 4.39 Å². The fourth-order valence-corrected chi connectivity index (χ4v) is 1.08. The first-order chi connectivity index (χ1) is 7.27. The van der Waals surface area contributed by atoms with Crippen LogP contribution in [-0.4, -0.2) is 11.7 Å². The Bertz CT molecular complexity index is 411. The molecule has 4 nitrogen and oxygen atoms in total. The maximum absolute atomic E-state index is 13.2. The van der Waals surface area contributed by atoms with E-state index in [1.165, 1.54) is 18.2 Å². The van der Waals surface area contributed by atoms with Crippen molar-refractivity contribution in [2.45, 2.75) is 6.61 Å². The van der Waals surface area contributed by atoms with Gasteiger partial charge >= 0.3 is 0 Å². The summed E-state index contributed by atoms with van der Waals surface area (Å²) in [6.07, 6.45) is 3.07. The molecule has 0 aromatic heterocycles. The minimum atomic E-state index is -0.371. The number of hydrogen-bond acceptors (Lipinski definition) is 2. The van der Waals surface area contributed by atoms with Crippen molar-refractivity contribution < 1.29 is 9.50 Å². The van der Waals surface area contributed by atoms with Gasteiger partial charge < -0.3 is 5.11 Å². The third-order valence-corrected chi connectivity index (χ3v) is 1.79. The molecule has 5 heteroatoms. The number of halogens is 1. The first-order valence-electron chi connectivity index (χ1n) is 4.34. The van der Waals surface area contributed by atoms with Crippen molar-refractivity contribution in [1.29, 1.82) is 0 Å². The van der Waals surface area contributed by atoms with E-state index in [2.05, 4.69) is 10.0 Å². The molecule has 0 radical (unpaired) electrons. The van der Waals surface area contributed by atoms with Gasteiger partial charge in [0, 0.05) is 17.0 Å². The average molecular weight is 207 g/mol. The molecule has 0 aliphatic heterocycles. The van der Waals surface area contributed by atoms with E-state index in [1.807, 2.05) is 0 Å². The van der Waals surface area contributed by atoms with Crippen LogP contribution in [-0.2, 0) is 6.61 Å². The predicted octanol–water partition coefficient (Wildman–Crippen LogP) is 2.64. The highest BCUT2D eigenvalue weighted by Gasteiger charge is 1.99. The summed E-state index contributed by atoms with van der Waals surface area (Å²) in [7, 11) is 0. The highest BCUT2D eigenvalue weighted by molar-refractivity contribution is 5.51. The highest BCUT2D eigenvalue weighted by Crippen LogP contribution is 2.12. The molecular formula is C10H10FN3O. The minimum Gasteiger partial charge on any atom is -0.392 e. The Balaban J connectivity index is 2.83. The standard InChI is InChI=1S/C10H10FN3O/c11-10-4-3-8(7-15)6-9(10)2-1-5-13-14-12/h1-4,6,15H,5,7H2. The van der Waals surface area contributed by atoms with Gasteiger partial charge in [-0.05, 0) is 23.2 Å². The van der Waals surface area contributed by atoms with Crippen LogP contribution >= 0.6 is 0 Å². The molecule has 0 saturated heterocycles. The molecule has 0 aliphatic rings. The van der Waals surface area contributed by atoms with Crippen LogP contribution in [0, 0.1) is 5.82 Å². The molecule has 0 saturated carbocycles. The summed E-state index contributed by atoms with van der Waals surface area (Å²) in [5, 5.41) is 12.1. The van der Waals surface area contributed by atoms with E-state index in [1.54, 1.807) is 12.1 Å². The van der Waals surface area contributed by atoms with Gasteiger partial charge in [0.1, 0.15) is 5.82 Å². The summed E-state index contributed by atoms with van der Waals surface area (Å²) >= 11 is 0. The lowest BCUT2D eigenvalue weighted by Gasteiger charge is -1.99. The van der Waals surface area contributed by atoms with E-state index >= 15 is 0 Å². The Labute approximate surface area is 86.3 Å². The van der Waals surface area contributed by atoms with Crippen LogP contribution < -0.4 is 0 Å². The Kier molecular flexibility index (Phi) is 4.34. The van der Waals surface area contributed by atoms with Crippen molar-refractivity contribution in [3.05, 3.63) is 51.7 Å². The van der Waals surface area contributed by atoms with Gasteiger partial charge in [-0.25, -0.2) is 4.39 Å². The van der Waals surface area contributed by atoms with Crippen molar-refractivity contribution in [2.24, 2.45) is 5.11 Å². The Hall–Kier alpha value is -1.84. The molecule has 1 aromatic carbocycles. The van der Waals surface area contributed by atoms with Gasteiger partial charge in [0.25, 0.3) is 0 Å². The SMILES string of the molecule is [N-]=[N+]=NCC=Cc1cc(CO)ccc1F. The quantitative estimate of drug-likeness (QED) is 0.460. The Morgan fingerprint density at radius 1 is 1.53 bits per heavy atom. The van der Waals surface area contributed by atoms with Crippen LogP contribution in [0.3, 0.4) is 0 Å². The van der Waals surface area contributed by atoms with E-state index in [0.29, 0.717) is 11.1 Å². The molecular weight excluding hydrogens is 197 g/mol. The molecule has 0 amide bonds. The molecule has 0 atom stereocenters. The molecule has 0 fully saturated rings. The van der Waals surface area contributed by atoms with E-state index in [0.717, 1.165) is 0 Å². The molecule has 1 aromatic rings. The van der Waals surface area contributed by atoms with Crippen molar-refractivity contribution in [2.75, 3.05) is 6.54 Å². The predicted molar refractivity (Wildman–Crippen MR) is 55.4 cm³/mol. The van der Waals surface area contributed by atoms with Gasteiger partial charge in [0.2, 0.25) is 0 Å². The molecule has 1 N–H and O–H groups in total. The zero-order valence-corrected chi connectivity index (χ0v) is 7.97. The van der Waals surface area contributed by atoms with Crippen molar-refractivity contribution in [3.63, 3.8) is 0 Å². The Morgan fingerprint density at radius 2 is 2.33 bits per heavy atom. The monoisotopic (exact) mass is 207 g/mol. The molecule has 0 aliphatic carbocycles. The number of rotatable bonds is 4. The molecule has 0 unspecified atom stereocenters. The number of benzene rings is 1. The third-order valence-electron chi connectivity index (χ3n) is 1.79. The van der Waals surface area contributed by atoms with Crippen molar-refractivity contribution in [1.82, 2.24) is 0 Å². The van der Waals surface area contributed by atoms with E-state index < -0.39 is 0 Å². The van der Waals surface area contributed by atoms with Crippen LogP contribution in [0.15, 0.2) is 29.4 Å². The summed E-state index contributed by atoms with van der Waals surface area (Å²) in [5.41, 5.74) is 9.03. The highest BCUT2D eigenvalue weighted by atomic mass is 19.1. The van der Waals surface area contributed by atoms with Gasteiger partial charge in [0.15, 0.2) is 0 Å². The summed E-state index contributed by atoms with van der Waals surface area (Å²) in [5.74, 6) is -0.371. The van der Waals surface area contributed by atoms with Crippen LogP contribution in [0.2, 0.25) is 0 Å². The second-order valence-electron chi connectivity index (χ2n) is 2.83. The number of aliphatic hydroxyl groups is 1. The second kappa shape index (κ2) is 5.80. The van der Waals surface area contributed by atoms with Gasteiger partial charge in [-0.15, -0.1) is 0 Å². The molecule has 15 heavy (non-hydrogen) atoms. The van der Waals surface area contributed by atoms with E-state index in [4.69, 9.17) is 10.6 Å². The zero-order valence-electron chi connectivity index (χ0n) is 7.97. The largest absolute Gasteiger partial charge is 0.392 e. The van der Waals surface area contributed by atoms with Gasteiger partial charge in [-0.3, -0.25) is 0 Å². The lowest BCUT2D eigenvalue weighted by Crippen LogP contribution is -1.88. The third kappa shape index (κ3) is 3.42.